The van der Waals surface area contributed by atoms with E-state index in [1.165, 1.54) is 0 Å². The predicted molar refractivity (Wildman–Crippen MR) is 104 cm³/mol. The van der Waals surface area contributed by atoms with E-state index in [-0.39, 0.29) is 30.2 Å². The predicted octanol–water partition coefficient (Wildman–Crippen LogP) is 1.97. The molecule has 2 amide bonds. The summed E-state index contributed by atoms with van der Waals surface area (Å²) in [5.74, 6) is -0.850. The first-order valence-corrected chi connectivity index (χ1v) is 8.99. The average molecular weight is 368 g/mol. The molecule has 0 bridgehead atoms. The summed E-state index contributed by atoms with van der Waals surface area (Å²) in [4.78, 5) is 32.6. The van der Waals surface area contributed by atoms with Crippen molar-refractivity contribution < 1.29 is 14.7 Å². The Hall–Kier alpha value is -2.93. The van der Waals surface area contributed by atoms with Crippen LogP contribution < -0.4 is 10.6 Å². The Morgan fingerprint density at radius 1 is 1.11 bits per heavy atom. The quantitative estimate of drug-likeness (QED) is 0.533. The van der Waals surface area contributed by atoms with Gasteiger partial charge in [0.25, 0.3) is 5.91 Å². The molecule has 4 N–H and O–H groups in total. The topological polar surface area (TPSA) is 107 Å². The normalized spacial score (nSPS) is 13.7. The summed E-state index contributed by atoms with van der Waals surface area (Å²) in [6, 6.07) is 8.47. The Bertz CT molecular complexity index is 980. The van der Waals surface area contributed by atoms with Crippen molar-refractivity contribution >= 4 is 33.6 Å². The number of hydrogen-bond acceptors (Lipinski definition) is 4. The lowest BCUT2D eigenvalue weighted by Crippen LogP contribution is -2.52. The molecule has 2 heterocycles. The molecule has 1 aromatic carbocycles. The molecule has 0 spiro atoms. The van der Waals surface area contributed by atoms with Crippen molar-refractivity contribution in [2.75, 3.05) is 6.61 Å². The van der Waals surface area contributed by atoms with Crippen molar-refractivity contribution in [3.63, 3.8) is 0 Å². The fourth-order valence-electron chi connectivity index (χ4n) is 3.00. The number of H-pyrrole nitrogens is 1. The summed E-state index contributed by atoms with van der Waals surface area (Å²) < 4.78 is 0. The van der Waals surface area contributed by atoms with Crippen LogP contribution in [0.25, 0.3) is 21.8 Å². The molecule has 7 heteroatoms. The number of para-hydroxylation sites is 1. The Morgan fingerprint density at radius 3 is 2.56 bits per heavy atom. The molecule has 0 fully saturated rings. The largest absolute Gasteiger partial charge is 0.394 e. The Labute approximate surface area is 157 Å². The SMILES string of the molecule is CC(CO)NC(=O)C(NC(=O)c1cc2c(cn1)[nH]c1ccccc12)C(C)C. The van der Waals surface area contributed by atoms with E-state index in [0.717, 1.165) is 21.8 Å². The summed E-state index contributed by atoms with van der Waals surface area (Å²) in [7, 11) is 0. The first kappa shape index (κ1) is 18.8. The maximum Gasteiger partial charge on any atom is 0.270 e. The minimum atomic E-state index is -0.716. The second-order valence-electron chi connectivity index (χ2n) is 7.07. The number of rotatable bonds is 6. The van der Waals surface area contributed by atoms with Gasteiger partial charge in [-0.15, -0.1) is 0 Å². The maximum absolute atomic E-state index is 12.7. The van der Waals surface area contributed by atoms with Crippen LogP contribution in [0.3, 0.4) is 0 Å². The molecule has 0 saturated heterocycles. The first-order valence-electron chi connectivity index (χ1n) is 8.99. The van der Waals surface area contributed by atoms with Crippen LogP contribution >= 0.6 is 0 Å². The Balaban J connectivity index is 1.85. The molecule has 7 nitrogen and oxygen atoms in total. The summed E-state index contributed by atoms with van der Waals surface area (Å²) in [5.41, 5.74) is 2.08. The van der Waals surface area contributed by atoms with Gasteiger partial charge in [-0.25, -0.2) is 4.98 Å². The van der Waals surface area contributed by atoms with E-state index >= 15 is 0 Å². The number of benzene rings is 1. The van der Waals surface area contributed by atoms with Crippen LogP contribution in [-0.4, -0.2) is 45.6 Å². The van der Waals surface area contributed by atoms with E-state index < -0.39 is 11.9 Å². The molecule has 2 aromatic heterocycles. The van der Waals surface area contributed by atoms with Crippen molar-refractivity contribution in [2.45, 2.75) is 32.9 Å². The van der Waals surface area contributed by atoms with Gasteiger partial charge in [0, 0.05) is 22.3 Å². The molecule has 27 heavy (non-hydrogen) atoms. The number of aromatic amines is 1. The summed E-state index contributed by atoms with van der Waals surface area (Å²) in [6.45, 7) is 5.24. The van der Waals surface area contributed by atoms with Gasteiger partial charge in [-0.05, 0) is 25.0 Å². The number of aliphatic hydroxyl groups is 1. The second kappa shape index (κ2) is 7.75. The molecule has 0 aliphatic carbocycles. The molecule has 0 radical (unpaired) electrons. The van der Waals surface area contributed by atoms with E-state index in [1.54, 1.807) is 19.2 Å². The number of pyridine rings is 1. The van der Waals surface area contributed by atoms with Gasteiger partial charge in [0.2, 0.25) is 5.91 Å². The monoisotopic (exact) mass is 368 g/mol. The maximum atomic E-state index is 12.7. The van der Waals surface area contributed by atoms with Crippen LogP contribution in [0.1, 0.15) is 31.3 Å². The van der Waals surface area contributed by atoms with Gasteiger partial charge < -0.3 is 20.7 Å². The smallest absolute Gasteiger partial charge is 0.270 e. The number of hydrogen-bond donors (Lipinski definition) is 4. The molecule has 3 rings (SSSR count). The number of carbonyl (C=O) groups is 2. The van der Waals surface area contributed by atoms with Gasteiger partial charge in [-0.3, -0.25) is 9.59 Å². The fourth-order valence-corrected chi connectivity index (χ4v) is 3.00. The molecule has 2 unspecified atom stereocenters. The lowest BCUT2D eigenvalue weighted by molar-refractivity contribution is -0.124. The van der Waals surface area contributed by atoms with Crippen LogP contribution in [0.4, 0.5) is 0 Å². The number of nitrogens with one attached hydrogen (secondary N) is 3. The fraction of sp³-hybridized carbons (Fsp3) is 0.350. The standard InChI is InChI=1S/C20H24N4O3/c1-11(2)18(20(27)22-12(3)10-25)24-19(26)16-8-14-13-6-4-5-7-15(13)23-17(14)9-21-16/h4-9,11-12,18,23,25H,10H2,1-3H3,(H,22,27)(H,24,26). The average Bonchev–Trinajstić information content (AvgIpc) is 3.03. The molecule has 142 valence electrons. The third kappa shape index (κ3) is 3.93. The molecule has 2 atom stereocenters. The van der Waals surface area contributed by atoms with Crippen LogP contribution in [-0.2, 0) is 4.79 Å². The van der Waals surface area contributed by atoms with Crippen LogP contribution in [0.15, 0.2) is 36.5 Å². The zero-order valence-electron chi connectivity index (χ0n) is 15.6. The second-order valence-corrected chi connectivity index (χ2v) is 7.07. The van der Waals surface area contributed by atoms with Crippen molar-refractivity contribution in [3.8, 4) is 0 Å². The number of nitrogens with zero attached hydrogens (tertiary/aromatic N) is 1. The van der Waals surface area contributed by atoms with Gasteiger partial charge in [-0.1, -0.05) is 32.0 Å². The first-order chi connectivity index (χ1) is 12.9. The summed E-state index contributed by atoms with van der Waals surface area (Å²) in [6.07, 6.45) is 1.63. The minimum absolute atomic E-state index is 0.114. The van der Waals surface area contributed by atoms with E-state index in [2.05, 4.69) is 20.6 Å². The summed E-state index contributed by atoms with van der Waals surface area (Å²) >= 11 is 0. The number of fused-ring (bicyclic) bond motifs is 3. The number of carbonyl (C=O) groups excluding carboxylic acids is 2. The van der Waals surface area contributed by atoms with E-state index in [4.69, 9.17) is 5.11 Å². The lowest BCUT2D eigenvalue weighted by Gasteiger charge is -2.23. The highest BCUT2D eigenvalue weighted by Crippen LogP contribution is 2.25. The Morgan fingerprint density at radius 2 is 1.85 bits per heavy atom. The number of aromatic nitrogens is 2. The molecular formula is C20H24N4O3. The van der Waals surface area contributed by atoms with Crippen molar-refractivity contribution in [1.29, 1.82) is 0 Å². The number of amides is 2. The van der Waals surface area contributed by atoms with Crippen LogP contribution in [0, 0.1) is 5.92 Å². The highest BCUT2D eigenvalue weighted by atomic mass is 16.3. The third-order valence-corrected chi connectivity index (χ3v) is 4.52. The Kier molecular flexibility index (Phi) is 5.41. The summed E-state index contributed by atoms with van der Waals surface area (Å²) in [5, 5.41) is 16.5. The van der Waals surface area contributed by atoms with Crippen LogP contribution in [0.5, 0.6) is 0 Å². The third-order valence-electron chi connectivity index (χ3n) is 4.52. The van der Waals surface area contributed by atoms with Gasteiger partial charge >= 0.3 is 0 Å². The molecule has 0 aliphatic rings. The van der Waals surface area contributed by atoms with Gasteiger partial charge in [0.15, 0.2) is 0 Å². The lowest BCUT2D eigenvalue weighted by atomic mass is 10.0. The van der Waals surface area contributed by atoms with Crippen LogP contribution in [0.2, 0.25) is 0 Å². The molecular weight excluding hydrogens is 344 g/mol. The highest BCUT2D eigenvalue weighted by Gasteiger charge is 2.26. The van der Waals surface area contributed by atoms with Gasteiger partial charge in [0.1, 0.15) is 11.7 Å². The zero-order chi connectivity index (χ0) is 19.6. The van der Waals surface area contributed by atoms with E-state index in [1.807, 2.05) is 38.1 Å². The van der Waals surface area contributed by atoms with Crippen molar-refractivity contribution in [3.05, 3.63) is 42.2 Å². The molecule has 3 aromatic rings. The van der Waals surface area contributed by atoms with Gasteiger partial charge in [-0.2, -0.15) is 0 Å². The van der Waals surface area contributed by atoms with Crippen molar-refractivity contribution in [1.82, 2.24) is 20.6 Å². The van der Waals surface area contributed by atoms with E-state index in [9.17, 15) is 9.59 Å². The van der Waals surface area contributed by atoms with E-state index in [0.29, 0.717) is 0 Å². The molecule has 0 aliphatic heterocycles. The zero-order valence-corrected chi connectivity index (χ0v) is 15.6. The molecule has 0 saturated carbocycles. The minimum Gasteiger partial charge on any atom is -0.394 e. The van der Waals surface area contributed by atoms with Gasteiger partial charge in [0.05, 0.1) is 18.3 Å². The van der Waals surface area contributed by atoms with Crippen molar-refractivity contribution in [2.24, 2.45) is 5.92 Å². The number of aliphatic hydroxyl groups excluding tert-OH is 1. The highest BCUT2D eigenvalue weighted by molar-refractivity contribution is 6.09.